The third-order valence-corrected chi connectivity index (χ3v) is 5.50. The van der Waals surface area contributed by atoms with Gasteiger partial charge in [-0.3, -0.25) is 9.59 Å². The topological polar surface area (TPSA) is 52.6 Å². The molecule has 0 heterocycles. The standard InChI is InChI=1S/C21H30O4/c1-6-25-20(23)21(9-7-17(24-5)8-10-21)19(22)13-18-15(3)11-14(2)12-16(18)4/h11-12,17H,6-10,13H2,1-5H3. The number of ketones is 1. The van der Waals surface area contributed by atoms with E-state index in [0.29, 0.717) is 32.3 Å². The first-order valence-corrected chi connectivity index (χ1v) is 9.14. The first kappa shape index (κ1) is 19.6. The molecule has 1 aromatic rings. The first-order chi connectivity index (χ1) is 11.8. The number of ether oxygens (including phenoxy) is 2. The Balaban J connectivity index is 2.29. The summed E-state index contributed by atoms with van der Waals surface area (Å²) in [6.45, 7) is 8.19. The Hall–Kier alpha value is -1.68. The van der Waals surface area contributed by atoms with Gasteiger partial charge in [0.15, 0.2) is 5.78 Å². The summed E-state index contributed by atoms with van der Waals surface area (Å²) >= 11 is 0. The molecule has 25 heavy (non-hydrogen) atoms. The molecule has 0 aromatic heterocycles. The minimum atomic E-state index is -1.02. The molecule has 0 spiro atoms. The summed E-state index contributed by atoms with van der Waals surface area (Å²) in [5.74, 6) is -0.382. The van der Waals surface area contributed by atoms with Crippen molar-refractivity contribution in [1.29, 1.82) is 0 Å². The lowest BCUT2D eigenvalue weighted by Gasteiger charge is -2.36. The van der Waals surface area contributed by atoms with Crippen molar-refractivity contribution in [2.75, 3.05) is 13.7 Å². The summed E-state index contributed by atoms with van der Waals surface area (Å²) in [5, 5.41) is 0. The molecule has 0 N–H and O–H groups in total. The molecule has 0 unspecified atom stereocenters. The molecule has 0 amide bonds. The zero-order valence-corrected chi connectivity index (χ0v) is 16.1. The van der Waals surface area contributed by atoms with E-state index in [1.54, 1.807) is 14.0 Å². The fourth-order valence-electron chi connectivity index (χ4n) is 4.00. The Bertz CT molecular complexity index is 616. The van der Waals surface area contributed by atoms with Crippen LogP contribution in [0.1, 0.15) is 54.9 Å². The van der Waals surface area contributed by atoms with Crippen LogP contribution in [-0.4, -0.2) is 31.6 Å². The number of benzene rings is 1. The number of aryl methyl sites for hydroxylation is 3. The molecule has 4 nitrogen and oxygen atoms in total. The second-order valence-corrected chi connectivity index (χ2v) is 7.21. The van der Waals surface area contributed by atoms with Crippen molar-refractivity contribution in [3.8, 4) is 0 Å². The number of carbonyl (C=O) groups is 2. The van der Waals surface area contributed by atoms with E-state index in [0.717, 1.165) is 16.7 Å². The van der Waals surface area contributed by atoms with Crippen LogP contribution < -0.4 is 0 Å². The van der Waals surface area contributed by atoms with Gasteiger partial charge in [-0.05, 0) is 70.1 Å². The van der Waals surface area contributed by atoms with Gasteiger partial charge < -0.3 is 9.47 Å². The molecular weight excluding hydrogens is 316 g/mol. The van der Waals surface area contributed by atoms with Gasteiger partial charge in [0.1, 0.15) is 5.41 Å². The summed E-state index contributed by atoms with van der Waals surface area (Å²) < 4.78 is 10.7. The van der Waals surface area contributed by atoms with E-state index in [-0.39, 0.29) is 24.3 Å². The number of carbonyl (C=O) groups excluding carboxylic acids is 2. The second-order valence-electron chi connectivity index (χ2n) is 7.21. The Labute approximate surface area is 150 Å². The highest BCUT2D eigenvalue weighted by Crippen LogP contribution is 2.40. The highest BCUT2D eigenvalue weighted by atomic mass is 16.5. The van der Waals surface area contributed by atoms with Crippen molar-refractivity contribution >= 4 is 11.8 Å². The molecule has 1 saturated carbocycles. The summed E-state index contributed by atoms with van der Waals surface area (Å²) in [7, 11) is 1.68. The minimum absolute atomic E-state index is 0.0180. The van der Waals surface area contributed by atoms with E-state index >= 15 is 0 Å². The average molecular weight is 346 g/mol. The van der Waals surface area contributed by atoms with Crippen LogP contribution in [0.25, 0.3) is 0 Å². The largest absolute Gasteiger partial charge is 0.465 e. The van der Waals surface area contributed by atoms with Crippen LogP contribution in [0.2, 0.25) is 0 Å². The molecule has 0 aliphatic heterocycles. The maximum atomic E-state index is 13.2. The lowest BCUT2D eigenvalue weighted by atomic mass is 9.68. The van der Waals surface area contributed by atoms with Gasteiger partial charge in [-0.25, -0.2) is 0 Å². The molecule has 0 atom stereocenters. The predicted octanol–water partition coefficient (Wildman–Crippen LogP) is 3.86. The zero-order valence-electron chi connectivity index (χ0n) is 16.1. The number of Topliss-reactive ketones (excluding diaryl/α,β-unsaturated/α-hetero) is 1. The van der Waals surface area contributed by atoms with E-state index in [4.69, 9.17) is 9.47 Å². The van der Waals surface area contributed by atoms with Gasteiger partial charge in [-0.1, -0.05) is 17.7 Å². The van der Waals surface area contributed by atoms with Crippen LogP contribution in [0.3, 0.4) is 0 Å². The quantitative estimate of drug-likeness (QED) is 0.580. The van der Waals surface area contributed by atoms with Gasteiger partial charge in [0.05, 0.1) is 12.7 Å². The molecule has 4 heteroatoms. The van der Waals surface area contributed by atoms with Crippen LogP contribution in [0, 0.1) is 26.2 Å². The van der Waals surface area contributed by atoms with Crippen LogP contribution in [0.4, 0.5) is 0 Å². The lowest BCUT2D eigenvalue weighted by molar-refractivity contribution is -0.164. The van der Waals surface area contributed by atoms with Crippen LogP contribution in [0.5, 0.6) is 0 Å². The number of methoxy groups -OCH3 is 1. The van der Waals surface area contributed by atoms with Gasteiger partial charge in [-0.15, -0.1) is 0 Å². The number of hydrogen-bond donors (Lipinski definition) is 0. The van der Waals surface area contributed by atoms with Crippen LogP contribution in [-0.2, 0) is 25.5 Å². The Morgan fingerprint density at radius 2 is 1.68 bits per heavy atom. The molecule has 138 valence electrons. The number of esters is 1. The summed E-state index contributed by atoms with van der Waals surface area (Å²) in [4.78, 5) is 25.9. The maximum absolute atomic E-state index is 13.2. The fourth-order valence-corrected chi connectivity index (χ4v) is 4.00. The summed E-state index contributed by atoms with van der Waals surface area (Å²) in [6, 6.07) is 4.18. The van der Waals surface area contributed by atoms with E-state index in [9.17, 15) is 9.59 Å². The smallest absolute Gasteiger partial charge is 0.319 e. The number of hydrogen-bond acceptors (Lipinski definition) is 4. The van der Waals surface area contributed by atoms with Gasteiger partial charge in [0, 0.05) is 13.5 Å². The fraction of sp³-hybridized carbons (Fsp3) is 0.619. The number of rotatable bonds is 6. The van der Waals surface area contributed by atoms with Gasteiger partial charge in [0.2, 0.25) is 0 Å². The van der Waals surface area contributed by atoms with Crippen LogP contribution in [0.15, 0.2) is 12.1 Å². The summed E-state index contributed by atoms with van der Waals surface area (Å²) in [5.41, 5.74) is 3.42. The normalized spacial score (nSPS) is 23.3. The average Bonchev–Trinajstić information content (AvgIpc) is 2.58. The first-order valence-electron chi connectivity index (χ1n) is 9.14. The molecule has 0 saturated heterocycles. The monoisotopic (exact) mass is 346 g/mol. The summed E-state index contributed by atoms with van der Waals surface area (Å²) in [6.07, 6.45) is 2.85. The highest BCUT2D eigenvalue weighted by Gasteiger charge is 2.49. The third-order valence-electron chi connectivity index (χ3n) is 5.50. The van der Waals surface area contributed by atoms with Crippen molar-refractivity contribution in [3.05, 3.63) is 34.4 Å². The molecule has 2 rings (SSSR count). The van der Waals surface area contributed by atoms with E-state index in [1.807, 2.05) is 13.8 Å². The molecule has 1 aliphatic carbocycles. The SMILES string of the molecule is CCOC(=O)C1(C(=O)Cc2c(C)cc(C)cc2C)CCC(OC)CC1. The van der Waals surface area contributed by atoms with Crippen LogP contribution >= 0.6 is 0 Å². The van der Waals surface area contributed by atoms with Crippen molar-refractivity contribution < 1.29 is 19.1 Å². The molecule has 1 aromatic carbocycles. The second kappa shape index (κ2) is 8.13. The van der Waals surface area contributed by atoms with Crippen molar-refractivity contribution in [2.45, 2.75) is 65.9 Å². The molecule has 1 aliphatic rings. The molecule has 0 radical (unpaired) electrons. The van der Waals surface area contributed by atoms with E-state index < -0.39 is 5.41 Å². The predicted molar refractivity (Wildman–Crippen MR) is 97.7 cm³/mol. The maximum Gasteiger partial charge on any atom is 0.319 e. The Morgan fingerprint density at radius 3 is 2.16 bits per heavy atom. The van der Waals surface area contributed by atoms with E-state index in [2.05, 4.69) is 19.1 Å². The Morgan fingerprint density at radius 1 is 1.12 bits per heavy atom. The molecular formula is C21H30O4. The van der Waals surface area contributed by atoms with Gasteiger partial charge in [0.25, 0.3) is 0 Å². The van der Waals surface area contributed by atoms with Crippen molar-refractivity contribution in [2.24, 2.45) is 5.41 Å². The van der Waals surface area contributed by atoms with Gasteiger partial charge in [-0.2, -0.15) is 0 Å². The molecule has 1 fully saturated rings. The van der Waals surface area contributed by atoms with Gasteiger partial charge >= 0.3 is 5.97 Å². The van der Waals surface area contributed by atoms with Crippen molar-refractivity contribution in [3.63, 3.8) is 0 Å². The van der Waals surface area contributed by atoms with E-state index in [1.165, 1.54) is 5.56 Å². The third kappa shape index (κ3) is 4.12. The minimum Gasteiger partial charge on any atom is -0.465 e. The Kier molecular flexibility index (Phi) is 6.39. The lowest BCUT2D eigenvalue weighted by Crippen LogP contribution is -2.45. The highest BCUT2D eigenvalue weighted by molar-refractivity contribution is 6.05. The van der Waals surface area contributed by atoms with Crippen molar-refractivity contribution in [1.82, 2.24) is 0 Å². The zero-order chi connectivity index (χ0) is 18.6. The molecule has 0 bridgehead atoms.